The number of allylic oxidation sites excluding steroid dienone is 8. The Hall–Kier alpha value is -8.30. The Bertz CT molecular complexity index is 5250. The van der Waals surface area contributed by atoms with E-state index in [0.717, 1.165) is 72.7 Å². The minimum atomic E-state index is -1.28. The predicted molar refractivity (Wildman–Crippen MR) is 483 cm³/mol. The number of aliphatic hydroxyl groups excluding tert-OH is 4. The zero-order valence-electron chi connectivity index (χ0n) is 71.3. The Kier molecular flexibility index (Phi) is 44.8. The summed E-state index contributed by atoms with van der Waals surface area (Å²) < 4.78 is 0. The molecule has 0 fully saturated rings. The third kappa shape index (κ3) is 37.5. The molecule has 4 radical (unpaired) electrons. The summed E-state index contributed by atoms with van der Waals surface area (Å²) >= 11 is 0. The van der Waals surface area contributed by atoms with Crippen molar-refractivity contribution >= 4 is 120 Å². The van der Waals surface area contributed by atoms with E-state index < -0.39 is 32.3 Å². The average molecular weight is 2330 g/mol. The molecule has 0 aliphatic heterocycles. The third-order valence-corrected chi connectivity index (χ3v) is 24.9. The first-order valence-electron chi connectivity index (χ1n) is 37.4. The first-order chi connectivity index (χ1) is 52.2. The molecule has 0 unspecified atom stereocenters. The quantitative estimate of drug-likeness (QED) is 0.0391. The normalized spacial score (nSPS) is 11.3. The maximum Gasteiger partial charge on any atom is 0.155 e. The Morgan fingerprint density at radius 1 is 0.302 bits per heavy atom. The molecule has 0 atom stereocenters. The molecule has 116 heavy (non-hydrogen) atoms. The SMILES string of the molecule is CC(=O)C=C(C)O.CC(=O)C=C(C)O.CC(=O)C=C(C)O.CC(=O)C=C(C)O.C[Si](C)(C)c1ccc2nc(-c3[c-]cccc3)ccc2c1.Cc1[c-]c(-c2ccc3cc([Si](C)(C)C)ccc3n2)cc(C)c1.Cc1c[c-]c(-c2ccc3cc([Si](C)(C)C)ccc3n2)cc1.Cc1cc[c-]c(-c2ccc3cc([Si](C)(C)C)ccc3n2)c1.[Ir].[Ir].[Ir].[Ir]. The van der Waals surface area contributed by atoms with Crippen LogP contribution in [-0.4, -0.2) is 95.8 Å². The van der Waals surface area contributed by atoms with E-state index >= 15 is 0 Å². The molecule has 620 valence electrons. The third-order valence-electron chi connectivity index (χ3n) is 16.8. The topological polar surface area (TPSA) is 201 Å². The largest absolute Gasteiger partial charge is 0.512 e. The van der Waals surface area contributed by atoms with Gasteiger partial charge in [0.15, 0.2) is 23.1 Å². The molecule has 12 aromatic rings. The Morgan fingerprint density at radius 3 is 0.862 bits per heavy atom. The van der Waals surface area contributed by atoms with Crippen molar-refractivity contribution in [1.29, 1.82) is 0 Å². The van der Waals surface area contributed by atoms with Crippen molar-refractivity contribution in [3.05, 3.63) is 288 Å². The van der Waals surface area contributed by atoms with Gasteiger partial charge in [0.05, 0.1) is 77.4 Å². The molecule has 0 saturated heterocycles. The maximum absolute atomic E-state index is 10.0. The van der Waals surface area contributed by atoms with Gasteiger partial charge >= 0.3 is 0 Å². The van der Waals surface area contributed by atoms with Crippen molar-refractivity contribution in [1.82, 2.24) is 19.9 Å². The van der Waals surface area contributed by atoms with Gasteiger partial charge in [-0.2, -0.15) is 0 Å². The van der Waals surface area contributed by atoms with Crippen molar-refractivity contribution in [2.45, 2.75) is 162 Å². The van der Waals surface area contributed by atoms with Crippen molar-refractivity contribution in [3.8, 4) is 45.0 Å². The van der Waals surface area contributed by atoms with Gasteiger partial charge in [-0.15, -0.1) is 142 Å². The second-order valence-electron chi connectivity index (χ2n) is 32.1. The van der Waals surface area contributed by atoms with Crippen LogP contribution in [0.25, 0.3) is 88.6 Å². The summed E-state index contributed by atoms with van der Waals surface area (Å²) in [5, 5.41) is 44.3. The average Bonchev–Trinajstić information content (AvgIpc) is 0.816. The fraction of sp³-hybridized carbons (Fsp3) is 0.250. The summed E-state index contributed by atoms with van der Waals surface area (Å²) in [6.45, 7) is 48.2. The van der Waals surface area contributed by atoms with Gasteiger partial charge in [-0.25, -0.2) is 0 Å². The number of aliphatic hydroxyl groups is 4. The fourth-order valence-corrected chi connectivity index (χ4v) is 15.8. The van der Waals surface area contributed by atoms with E-state index in [1.165, 1.54) is 139 Å². The van der Waals surface area contributed by atoms with E-state index in [2.05, 4.69) is 288 Å². The van der Waals surface area contributed by atoms with Crippen molar-refractivity contribution < 1.29 is 120 Å². The molecule has 0 amide bonds. The van der Waals surface area contributed by atoms with Gasteiger partial charge in [0.25, 0.3) is 0 Å². The van der Waals surface area contributed by atoms with Gasteiger partial charge in [-0.05, 0) is 124 Å². The van der Waals surface area contributed by atoms with Crippen molar-refractivity contribution in [3.63, 3.8) is 0 Å². The zero-order valence-corrected chi connectivity index (χ0v) is 84.9. The van der Waals surface area contributed by atoms with Gasteiger partial charge in [-0.1, -0.05) is 224 Å². The summed E-state index contributed by atoms with van der Waals surface area (Å²) in [5.41, 5.74) is 17.3. The molecular formula is C96H112Ir4N4O8Si4-4. The molecular weight excluding hydrogens is 2220 g/mol. The number of carbonyl (C=O) groups is 4. The van der Waals surface area contributed by atoms with Crippen LogP contribution >= 0.6 is 0 Å². The maximum atomic E-state index is 10.0. The molecule has 12 rings (SSSR count). The molecule has 0 bridgehead atoms. The molecule has 4 heterocycles. The first-order valence-corrected chi connectivity index (χ1v) is 51.4. The van der Waals surface area contributed by atoms with E-state index in [0.29, 0.717) is 0 Å². The number of hydrogen-bond acceptors (Lipinski definition) is 12. The molecule has 4 aromatic heterocycles. The van der Waals surface area contributed by atoms with Crippen LogP contribution in [0.1, 0.15) is 77.6 Å². The van der Waals surface area contributed by atoms with Crippen molar-refractivity contribution in [2.75, 3.05) is 0 Å². The fourth-order valence-electron chi connectivity index (χ4n) is 11.1. The Morgan fingerprint density at radius 2 is 0.603 bits per heavy atom. The predicted octanol–water partition coefficient (Wildman–Crippen LogP) is 22.4. The molecule has 0 aliphatic rings. The zero-order chi connectivity index (χ0) is 83.6. The second-order valence-corrected chi connectivity index (χ2v) is 52.4. The molecule has 12 nitrogen and oxygen atoms in total. The van der Waals surface area contributed by atoms with Crippen LogP contribution in [0.5, 0.6) is 0 Å². The summed E-state index contributed by atoms with van der Waals surface area (Å²) in [5.74, 6) is -0.250. The molecule has 4 N–H and O–H groups in total. The standard InChI is InChI=1S/C20H22NSi.2C19H20NSi.C18H18NSi.4C5H8O2.4Ir/c1-14-10-15(2)12-17(11-14)20-8-6-16-13-18(22(3,4)5)7-9-19(16)21-20;1-14-5-7-15(8-6-14)18-11-9-16-13-17(21(2,3)4)10-12-19(16)20-18;1-14-6-5-7-15(12-14)18-10-8-16-13-17(21(2,3)4)9-11-19(16)20-18;1-20(2,3)16-10-12-18-15(13-16)9-11-17(19-18)14-7-5-4-6-8-14;4*1-4(6)3-5(2)7;;;;/h6-11,13H,1-5H3;5-7,9-13H,1-4H3;5-6,8-13H,1-4H3;4-7,9-13H,1-3H3;4*3,6H,1-2H3;;;;/q4*-1;;;;;;;;. The second kappa shape index (κ2) is 49.2. The number of hydrogen-bond donors (Lipinski definition) is 4. The van der Waals surface area contributed by atoms with Crippen LogP contribution in [0.2, 0.25) is 78.6 Å². The number of nitrogens with zero attached hydrogens (tertiary/aromatic N) is 4. The van der Waals surface area contributed by atoms with Gasteiger partial charge in [-0.3, -0.25) is 39.1 Å². The number of aromatic nitrogens is 4. The number of aryl methyl sites for hydroxylation is 4. The molecule has 0 saturated carbocycles. The van der Waals surface area contributed by atoms with E-state index in [9.17, 15) is 19.2 Å². The summed E-state index contributed by atoms with van der Waals surface area (Å²) in [7, 11) is -5.08. The van der Waals surface area contributed by atoms with Gasteiger partial charge in [0, 0.05) is 105 Å². The molecule has 0 spiro atoms. The van der Waals surface area contributed by atoms with E-state index in [4.69, 9.17) is 40.4 Å². The van der Waals surface area contributed by atoms with Crippen LogP contribution < -0.4 is 20.7 Å². The van der Waals surface area contributed by atoms with Gasteiger partial charge in [0.2, 0.25) is 0 Å². The first kappa shape index (κ1) is 106. The van der Waals surface area contributed by atoms with Crippen LogP contribution in [0.4, 0.5) is 0 Å². The number of pyridine rings is 4. The van der Waals surface area contributed by atoms with E-state index in [1.807, 2.05) is 36.4 Å². The molecule has 8 aromatic carbocycles. The van der Waals surface area contributed by atoms with Gasteiger partial charge < -0.3 is 20.4 Å². The summed E-state index contributed by atoms with van der Waals surface area (Å²) in [4.78, 5) is 59.2. The smallest absolute Gasteiger partial charge is 0.155 e. The minimum absolute atomic E-state index is 0. The molecule has 20 heteroatoms. The van der Waals surface area contributed by atoms with E-state index in [-0.39, 0.29) is 127 Å². The van der Waals surface area contributed by atoms with Crippen LogP contribution in [0, 0.1) is 52.0 Å². The summed E-state index contributed by atoms with van der Waals surface area (Å²) in [6.07, 6.45) is 4.67. The Balaban J connectivity index is 0.000000690. The van der Waals surface area contributed by atoms with Crippen LogP contribution in [0.15, 0.2) is 241 Å². The minimum Gasteiger partial charge on any atom is -0.512 e. The number of benzene rings is 8. The van der Waals surface area contributed by atoms with Gasteiger partial charge in [0.1, 0.15) is 0 Å². The number of fused-ring (bicyclic) bond motifs is 4. The summed E-state index contributed by atoms with van der Waals surface area (Å²) in [6, 6.07) is 81.7. The number of ketones is 4. The van der Waals surface area contributed by atoms with Crippen LogP contribution in [0.3, 0.4) is 0 Å². The van der Waals surface area contributed by atoms with E-state index in [1.54, 1.807) is 0 Å². The number of rotatable bonds is 12. The molecule has 0 aliphatic carbocycles. The Labute approximate surface area is 747 Å². The van der Waals surface area contributed by atoms with Crippen LogP contribution in [-0.2, 0) is 99.6 Å². The number of carbonyl (C=O) groups excluding carboxylic acids is 4. The van der Waals surface area contributed by atoms with Crippen molar-refractivity contribution in [2.24, 2.45) is 0 Å². The monoisotopic (exact) mass is 2330 g/mol.